The van der Waals surface area contributed by atoms with Gasteiger partial charge in [0.15, 0.2) is 0 Å². The van der Waals surface area contributed by atoms with Crippen molar-refractivity contribution in [1.82, 2.24) is 5.32 Å². The van der Waals surface area contributed by atoms with Crippen molar-refractivity contribution in [3.05, 3.63) is 69.0 Å². The number of carbonyl (C=O) groups excluding carboxylic acids is 1. The summed E-state index contributed by atoms with van der Waals surface area (Å²) in [6.45, 7) is -1.78. The average Bonchev–Trinajstić information content (AvgIpc) is 2.54. The minimum atomic E-state index is -2.97. The van der Waals surface area contributed by atoms with Gasteiger partial charge in [0.1, 0.15) is 11.6 Å². The van der Waals surface area contributed by atoms with Crippen LogP contribution in [0.2, 0.25) is 0 Å². The van der Waals surface area contributed by atoms with E-state index in [1.807, 2.05) is 0 Å². The molecule has 0 fully saturated rings. The maximum Gasteiger partial charge on any atom is 0.387 e. The Kier molecular flexibility index (Phi) is 5.58. The molecule has 0 spiro atoms. The Balaban J connectivity index is 2.12. The minimum Gasteiger partial charge on any atom is -0.435 e. The molecular formula is C16H13F3N2O4. The summed E-state index contributed by atoms with van der Waals surface area (Å²) in [7, 11) is 0. The van der Waals surface area contributed by atoms with E-state index in [9.17, 15) is 28.1 Å². The summed E-state index contributed by atoms with van der Waals surface area (Å²) in [4.78, 5) is 22.2. The van der Waals surface area contributed by atoms with Crippen LogP contribution < -0.4 is 10.1 Å². The maximum atomic E-state index is 13.7. The number of hydrogen-bond acceptors (Lipinski definition) is 4. The van der Waals surface area contributed by atoms with E-state index in [1.54, 1.807) is 6.07 Å². The normalized spacial score (nSPS) is 10.6. The highest BCUT2D eigenvalue weighted by Crippen LogP contribution is 2.23. The van der Waals surface area contributed by atoms with Gasteiger partial charge in [-0.15, -0.1) is 0 Å². The van der Waals surface area contributed by atoms with Crippen molar-refractivity contribution in [1.29, 1.82) is 0 Å². The second-order valence-corrected chi connectivity index (χ2v) is 5.07. The summed E-state index contributed by atoms with van der Waals surface area (Å²) in [5.41, 5.74) is -0.417. The number of benzene rings is 2. The lowest BCUT2D eigenvalue weighted by atomic mass is 10.1. The first-order valence-corrected chi connectivity index (χ1v) is 7.04. The zero-order chi connectivity index (χ0) is 18.6. The van der Waals surface area contributed by atoms with E-state index in [-0.39, 0.29) is 23.4 Å². The van der Waals surface area contributed by atoms with Crippen LogP contribution in [0.4, 0.5) is 18.9 Å². The molecule has 25 heavy (non-hydrogen) atoms. The first kappa shape index (κ1) is 18.2. The highest BCUT2D eigenvalue weighted by molar-refractivity contribution is 5.95. The monoisotopic (exact) mass is 354 g/mol. The second kappa shape index (κ2) is 7.65. The Labute approximate surface area is 140 Å². The maximum absolute atomic E-state index is 13.7. The van der Waals surface area contributed by atoms with Gasteiger partial charge < -0.3 is 10.1 Å². The summed E-state index contributed by atoms with van der Waals surface area (Å²) < 4.78 is 42.3. The first-order valence-electron chi connectivity index (χ1n) is 7.04. The van der Waals surface area contributed by atoms with Crippen molar-refractivity contribution in [2.75, 3.05) is 0 Å². The summed E-state index contributed by atoms with van der Waals surface area (Å²) >= 11 is 0. The topological polar surface area (TPSA) is 81.5 Å². The predicted molar refractivity (Wildman–Crippen MR) is 82.0 cm³/mol. The number of hydrogen-bond donors (Lipinski definition) is 1. The molecule has 2 aromatic carbocycles. The van der Waals surface area contributed by atoms with Crippen LogP contribution in [0.1, 0.15) is 21.5 Å². The van der Waals surface area contributed by atoms with E-state index in [1.165, 1.54) is 25.1 Å². The third-order valence-corrected chi connectivity index (χ3v) is 3.35. The molecule has 0 saturated carbocycles. The lowest BCUT2D eigenvalue weighted by Crippen LogP contribution is -2.23. The van der Waals surface area contributed by atoms with Gasteiger partial charge in [-0.05, 0) is 30.7 Å². The van der Waals surface area contributed by atoms with Crippen LogP contribution in [-0.2, 0) is 6.54 Å². The predicted octanol–water partition coefficient (Wildman–Crippen LogP) is 3.57. The molecule has 0 atom stereocenters. The molecule has 0 aromatic heterocycles. The lowest BCUT2D eigenvalue weighted by Gasteiger charge is -2.09. The molecule has 1 N–H and O–H groups in total. The highest BCUT2D eigenvalue weighted by Gasteiger charge is 2.19. The number of alkyl halides is 2. The van der Waals surface area contributed by atoms with Crippen molar-refractivity contribution in [2.45, 2.75) is 20.1 Å². The molecule has 2 rings (SSSR count). The Morgan fingerprint density at radius 3 is 2.68 bits per heavy atom. The molecule has 6 nitrogen and oxygen atoms in total. The van der Waals surface area contributed by atoms with Crippen molar-refractivity contribution in [2.24, 2.45) is 0 Å². The Bertz CT molecular complexity index is 812. The number of nitro benzene ring substituents is 1. The van der Waals surface area contributed by atoms with Gasteiger partial charge >= 0.3 is 6.61 Å². The van der Waals surface area contributed by atoms with Crippen LogP contribution in [0.5, 0.6) is 5.75 Å². The van der Waals surface area contributed by atoms with Gasteiger partial charge in [-0.2, -0.15) is 8.78 Å². The van der Waals surface area contributed by atoms with Crippen LogP contribution in [0.15, 0.2) is 36.4 Å². The number of rotatable bonds is 6. The zero-order valence-electron chi connectivity index (χ0n) is 13.0. The third kappa shape index (κ3) is 4.69. The van der Waals surface area contributed by atoms with Gasteiger partial charge in [0, 0.05) is 18.2 Å². The molecule has 132 valence electrons. The van der Waals surface area contributed by atoms with Gasteiger partial charge in [-0.3, -0.25) is 14.9 Å². The van der Waals surface area contributed by atoms with Crippen LogP contribution in [0.3, 0.4) is 0 Å². The average molecular weight is 354 g/mol. The molecule has 1 amide bonds. The number of carbonyl (C=O) groups is 1. The number of nitro groups is 1. The van der Waals surface area contributed by atoms with Gasteiger partial charge in [0.25, 0.3) is 11.6 Å². The summed E-state index contributed by atoms with van der Waals surface area (Å²) in [6, 6.07) is 7.55. The van der Waals surface area contributed by atoms with Gasteiger partial charge in [0.05, 0.1) is 10.5 Å². The summed E-state index contributed by atoms with van der Waals surface area (Å²) in [5.74, 6) is -1.67. The number of ether oxygens (including phenoxy) is 1. The van der Waals surface area contributed by atoms with Crippen molar-refractivity contribution in [3.8, 4) is 5.75 Å². The highest BCUT2D eigenvalue weighted by atomic mass is 19.3. The molecule has 0 aliphatic heterocycles. The molecule has 9 heteroatoms. The molecule has 0 aliphatic carbocycles. The zero-order valence-corrected chi connectivity index (χ0v) is 13.0. The van der Waals surface area contributed by atoms with Gasteiger partial charge in [-0.1, -0.05) is 12.1 Å². The number of nitrogens with one attached hydrogen (secondary N) is 1. The molecule has 0 heterocycles. The van der Waals surface area contributed by atoms with E-state index >= 15 is 0 Å². The quantitative estimate of drug-likeness (QED) is 0.635. The van der Waals surface area contributed by atoms with Crippen molar-refractivity contribution >= 4 is 11.6 Å². The Morgan fingerprint density at radius 2 is 2.04 bits per heavy atom. The van der Waals surface area contributed by atoms with Crippen LogP contribution >= 0.6 is 0 Å². The molecule has 2 aromatic rings. The Hall–Kier alpha value is -3.10. The third-order valence-electron chi connectivity index (χ3n) is 3.35. The summed E-state index contributed by atoms with van der Waals surface area (Å²) in [6.07, 6.45) is 0. The van der Waals surface area contributed by atoms with E-state index in [2.05, 4.69) is 10.1 Å². The molecule has 0 saturated heterocycles. The Morgan fingerprint density at radius 1 is 1.32 bits per heavy atom. The number of amides is 1. The molecule has 0 aliphatic rings. The van der Waals surface area contributed by atoms with Crippen molar-refractivity contribution in [3.63, 3.8) is 0 Å². The van der Waals surface area contributed by atoms with Gasteiger partial charge in [0.2, 0.25) is 0 Å². The fourth-order valence-corrected chi connectivity index (χ4v) is 2.10. The van der Waals surface area contributed by atoms with E-state index < -0.39 is 28.9 Å². The van der Waals surface area contributed by atoms with Crippen LogP contribution in [-0.4, -0.2) is 17.4 Å². The fourth-order valence-electron chi connectivity index (χ4n) is 2.10. The largest absolute Gasteiger partial charge is 0.435 e. The minimum absolute atomic E-state index is 0.0530. The van der Waals surface area contributed by atoms with Crippen molar-refractivity contribution < 1.29 is 27.6 Å². The first-order chi connectivity index (χ1) is 11.8. The van der Waals surface area contributed by atoms with E-state index in [4.69, 9.17) is 0 Å². The smallest absolute Gasteiger partial charge is 0.387 e. The van der Waals surface area contributed by atoms with Gasteiger partial charge in [-0.25, -0.2) is 4.39 Å². The molecular weight excluding hydrogens is 341 g/mol. The SMILES string of the molecule is Cc1c(F)cc(C(=O)NCc2cccc(OC(F)F)c2)cc1[N+](=O)[O-]. The summed E-state index contributed by atoms with van der Waals surface area (Å²) in [5, 5.41) is 13.3. The van der Waals surface area contributed by atoms with E-state index in [0.717, 1.165) is 12.1 Å². The lowest BCUT2D eigenvalue weighted by molar-refractivity contribution is -0.385. The van der Waals surface area contributed by atoms with Crippen LogP contribution in [0.25, 0.3) is 0 Å². The van der Waals surface area contributed by atoms with Crippen LogP contribution in [0, 0.1) is 22.9 Å². The second-order valence-electron chi connectivity index (χ2n) is 5.07. The standard InChI is InChI=1S/C16H13F3N2O4/c1-9-13(17)6-11(7-14(9)21(23)24)15(22)20-8-10-3-2-4-12(5-10)25-16(18)19/h2-7,16H,8H2,1H3,(H,20,22). The fraction of sp³-hybridized carbons (Fsp3) is 0.188. The number of halogens is 3. The number of nitrogens with zero attached hydrogens (tertiary/aromatic N) is 1. The molecule has 0 bridgehead atoms. The molecule has 0 radical (unpaired) electrons. The molecule has 0 unspecified atom stereocenters. The van der Waals surface area contributed by atoms with E-state index in [0.29, 0.717) is 5.56 Å².